The van der Waals surface area contributed by atoms with E-state index < -0.39 is 0 Å². The zero-order valence-electron chi connectivity index (χ0n) is 55.0. The van der Waals surface area contributed by atoms with Crippen LogP contribution in [0.2, 0.25) is 0 Å². The van der Waals surface area contributed by atoms with Gasteiger partial charge in [-0.05, 0) is 164 Å². The van der Waals surface area contributed by atoms with Crippen LogP contribution in [0.1, 0.15) is 105 Å². The fourth-order valence-electron chi connectivity index (χ4n) is 14.1. The van der Waals surface area contributed by atoms with Crippen LogP contribution in [0.3, 0.4) is 0 Å². The van der Waals surface area contributed by atoms with Gasteiger partial charge in [0.15, 0.2) is 0 Å². The SMILES string of the molecule is CC(C)(C)c1cccc(-c2cc3c(cc2C(C)(C)C)N(c2c(-c4ccccc4)cc(C(C)(C)C)cc2-c2ccccc2)c2cc(-c4ccccc4)cc4c2B3c2ccc(-c3ccccc3)cc2N4c2c(-c3ccccc3)cc(C(C)(C)C)cc2-c2ccccc2)c1. The molecule has 0 bridgehead atoms. The normalized spacial score (nSPS) is 13.0. The van der Waals surface area contributed by atoms with Gasteiger partial charge in [-0.15, -0.1) is 0 Å². The van der Waals surface area contributed by atoms with Gasteiger partial charge >= 0.3 is 0 Å². The summed E-state index contributed by atoms with van der Waals surface area (Å²) in [5.74, 6) is 0. The van der Waals surface area contributed by atoms with Crippen molar-refractivity contribution in [2.24, 2.45) is 0 Å². The van der Waals surface area contributed by atoms with Gasteiger partial charge < -0.3 is 9.80 Å². The number of anilines is 6. The third-order valence-electron chi connectivity index (χ3n) is 19.0. The Labute approximate surface area is 541 Å². The van der Waals surface area contributed by atoms with Gasteiger partial charge in [-0.2, -0.15) is 0 Å². The van der Waals surface area contributed by atoms with E-state index in [0.717, 1.165) is 39.6 Å². The molecule has 0 fully saturated rings. The van der Waals surface area contributed by atoms with Crippen LogP contribution in [0, 0.1) is 0 Å². The molecular formula is C88H81BN2. The van der Waals surface area contributed by atoms with Crippen molar-refractivity contribution in [1.29, 1.82) is 0 Å². The molecule has 0 saturated carbocycles. The van der Waals surface area contributed by atoms with E-state index in [2.05, 4.69) is 366 Å². The standard InChI is InChI=1S/C88H81BN2/c1-85(2,3)67-45-31-44-65(48-67)70-56-77-79(57-75(70)88(10,11)12)91(84-73(62-40-27-17-28-41-62)54-69(87(7,8)9)55-74(84)63-42-29-18-30-43-63)81-51-66(59-34-21-14-22-35-59)50-80-82(81)89(77)76-47-46-64(58-32-19-13-20-33-58)49-78(76)90(80)83-71(60-36-23-15-24-37-60)52-68(86(4,5)6)53-72(83)61-38-25-16-26-39-61/h13-57H,1-12H3. The monoisotopic (exact) mass is 1180 g/mol. The first kappa shape index (κ1) is 59.0. The summed E-state index contributed by atoms with van der Waals surface area (Å²) in [6, 6.07) is 104. The highest BCUT2D eigenvalue weighted by molar-refractivity contribution is 7.00. The molecule has 12 aromatic carbocycles. The van der Waals surface area contributed by atoms with Gasteiger partial charge in [0.05, 0.1) is 11.4 Å². The van der Waals surface area contributed by atoms with Crippen LogP contribution in [-0.4, -0.2) is 6.71 Å². The maximum atomic E-state index is 2.74. The van der Waals surface area contributed by atoms with Gasteiger partial charge in [-0.25, -0.2) is 0 Å². The maximum Gasteiger partial charge on any atom is 0.252 e. The summed E-state index contributed by atoms with van der Waals surface area (Å²) < 4.78 is 0. The molecule has 14 rings (SSSR count). The first-order chi connectivity index (χ1) is 43.7. The molecule has 0 amide bonds. The lowest BCUT2D eigenvalue weighted by Gasteiger charge is -2.47. The van der Waals surface area contributed by atoms with Gasteiger partial charge in [-0.3, -0.25) is 0 Å². The van der Waals surface area contributed by atoms with Gasteiger partial charge in [0.25, 0.3) is 6.71 Å². The molecule has 0 unspecified atom stereocenters. The van der Waals surface area contributed by atoms with E-state index in [1.165, 1.54) is 111 Å². The lowest BCUT2D eigenvalue weighted by Crippen LogP contribution is -2.61. The molecule has 446 valence electrons. The van der Waals surface area contributed by atoms with Gasteiger partial charge in [0.1, 0.15) is 0 Å². The molecule has 0 spiro atoms. The minimum Gasteiger partial charge on any atom is -0.310 e. The number of benzene rings is 12. The molecule has 0 atom stereocenters. The lowest BCUT2D eigenvalue weighted by atomic mass is 9.33. The minimum absolute atomic E-state index is 0.0569. The largest absolute Gasteiger partial charge is 0.310 e. The number of nitrogens with zero attached hydrogens (tertiary/aromatic N) is 2. The first-order valence-electron chi connectivity index (χ1n) is 32.6. The van der Waals surface area contributed by atoms with Gasteiger partial charge in [-0.1, -0.05) is 308 Å². The van der Waals surface area contributed by atoms with Crippen molar-refractivity contribution < 1.29 is 0 Å². The summed E-state index contributed by atoms with van der Waals surface area (Å²) in [7, 11) is 0. The molecular weight excluding hydrogens is 1100 g/mol. The fraction of sp³-hybridized carbons (Fsp3) is 0.182. The number of fused-ring (bicyclic) bond motifs is 4. The summed E-state index contributed by atoms with van der Waals surface area (Å²) in [4.78, 5) is 5.44. The highest BCUT2D eigenvalue weighted by Gasteiger charge is 2.47. The molecule has 0 N–H and O–H groups in total. The molecule has 2 nitrogen and oxygen atoms in total. The van der Waals surface area contributed by atoms with E-state index in [9.17, 15) is 0 Å². The topological polar surface area (TPSA) is 6.48 Å². The molecule has 12 aromatic rings. The second-order valence-corrected chi connectivity index (χ2v) is 29.4. The number of hydrogen-bond acceptors (Lipinski definition) is 2. The molecule has 2 aliphatic rings. The third-order valence-corrected chi connectivity index (χ3v) is 19.0. The zero-order valence-corrected chi connectivity index (χ0v) is 55.0. The van der Waals surface area contributed by atoms with Crippen molar-refractivity contribution in [2.75, 3.05) is 9.80 Å². The highest BCUT2D eigenvalue weighted by atomic mass is 15.2. The van der Waals surface area contributed by atoms with Crippen LogP contribution < -0.4 is 26.2 Å². The number of rotatable bonds is 9. The molecule has 2 heterocycles. The minimum atomic E-state index is -0.265. The quantitative estimate of drug-likeness (QED) is 0.133. The van der Waals surface area contributed by atoms with Crippen LogP contribution in [-0.2, 0) is 21.7 Å². The van der Waals surface area contributed by atoms with E-state index in [0.29, 0.717) is 0 Å². The molecule has 3 heteroatoms. The number of hydrogen-bond donors (Lipinski definition) is 0. The fourth-order valence-corrected chi connectivity index (χ4v) is 14.1. The van der Waals surface area contributed by atoms with Crippen molar-refractivity contribution in [3.8, 4) is 77.9 Å². The van der Waals surface area contributed by atoms with Gasteiger partial charge in [0.2, 0.25) is 0 Å². The smallest absolute Gasteiger partial charge is 0.252 e. The van der Waals surface area contributed by atoms with Crippen LogP contribution in [0.5, 0.6) is 0 Å². The Bertz CT molecular complexity index is 4570. The predicted octanol–water partition coefficient (Wildman–Crippen LogP) is 22.6. The van der Waals surface area contributed by atoms with Crippen molar-refractivity contribution in [3.63, 3.8) is 0 Å². The zero-order chi connectivity index (χ0) is 63.1. The maximum absolute atomic E-state index is 2.74. The van der Waals surface area contributed by atoms with Crippen molar-refractivity contribution >= 4 is 57.2 Å². The van der Waals surface area contributed by atoms with E-state index in [1.54, 1.807) is 0 Å². The van der Waals surface area contributed by atoms with E-state index in [-0.39, 0.29) is 28.4 Å². The van der Waals surface area contributed by atoms with E-state index in [1.807, 2.05) is 0 Å². The first-order valence-corrected chi connectivity index (χ1v) is 32.6. The Morgan fingerprint density at radius 3 is 0.967 bits per heavy atom. The van der Waals surface area contributed by atoms with Crippen molar-refractivity contribution in [3.05, 3.63) is 295 Å². The summed E-state index contributed by atoms with van der Waals surface area (Å²) in [6.07, 6.45) is 0. The van der Waals surface area contributed by atoms with Crippen molar-refractivity contribution in [2.45, 2.75) is 105 Å². The molecule has 0 aromatic heterocycles. The Kier molecular flexibility index (Phi) is 14.7. The van der Waals surface area contributed by atoms with E-state index >= 15 is 0 Å². The highest BCUT2D eigenvalue weighted by Crippen LogP contribution is 2.56. The summed E-state index contributed by atoms with van der Waals surface area (Å²) in [5.41, 5.74) is 31.8. The molecule has 0 aliphatic carbocycles. The average molecular weight is 1180 g/mol. The van der Waals surface area contributed by atoms with Crippen LogP contribution in [0.4, 0.5) is 34.1 Å². The third kappa shape index (κ3) is 10.8. The molecule has 0 saturated heterocycles. The summed E-state index contributed by atoms with van der Waals surface area (Å²) in [6.45, 7) is 28.1. The molecule has 0 radical (unpaired) electrons. The predicted molar refractivity (Wildman–Crippen MR) is 393 cm³/mol. The Hall–Kier alpha value is -9.70. The van der Waals surface area contributed by atoms with E-state index in [4.69, 9.17) is 0 Å². The van der Waals surface area contributed by atoms with Crippen LogP contribution in [0.25, 0.3) is 77.9 Å². The Balaban J connectivity index is 1.22. The second kappa shape index (κ2) is 22.7. The lowest BCUT2D eigenvalue weighted by molar-refractivity contribution is 0.589. The molecule has 91 heavy (non-hydrogen) atoms. The Morgan fingerprint density at radius 2 is 0.582 bits per heavy atom. The van der Waals surface area contributed by atoms with Crippen molar-refractivity contribution in [1.82, 2.24) is 0 Å². The Morgan fingerprint density at radius 1 is 0.231 bits per heavy atom. The average Bonchev–Trinajstić information content (AvgIpc) is 0.689. The molecule has 2 aliphatic heterocycles. The van der Waals surface area contributed by atoms with Crippen LogP contribution in [0.15, 0.2) is 273 Å². The van der Waals surface area contributed by atoms with Gasteiger partial charge in [0, 0.05) is 45.0 Å². The summed E-state index contributed by atoms with van der Waals surface area (Å²) in [5, 5.41) is 0. The van der Waals surface area contributed by atoms with Crippen LogP contribution >= 0.6 is 0 Å². The summed E-state index contributed by atoms with van der Waals surface area (Å²) >= 11 is 0. The second-order valence-electron chi connectivity index (χ2n) is 29.4.